The predicted octanol–water partition coefficient (Wildman–Crippen LogP) is 4.04. The van der Waals surface area contributed by atoms with Crippen molar-refractivity contribution in [1.29, 1.82) is 0 Å². The highest BCUT2D eigenvalue weighted by atomic mass is 79.9. The Morgan fingerprint density at radius 1 is 1.04 bits per heavy atom. The number of nitrogens with one attached hydrogen (secondary N) is 2. The fraction of sp³-hybridized carbons (Fsp3) is 0.0556. The van der Waals surface area contributed by atoms with Gasteiger partial charge < -0.3 is 14.2 Å². The van der Waals surface area contributed by atoms with E-state index in [1.54, 1.807) is 43.3 Å². The molecule has 26 heavy (non-hydrogen) atoms. The Balaban J connectivity index is 1.68. The molecule has 8 heteroatoms. The fourth-order valence-electron chi connectivity index (χ4n) is 2.11. The lowest BCUT2D eigenvalue weighted by Crippen LogP contribution is -2.18. The number of benzene rings is 1. The van der Waals surface area contributed by atoms with Crippen LogP contribution >= 0.6 is 15.9 Å². The second-order valence-corrected chi connectivity index (χ2v) is 6.04. The first kappa shape index (κ1) is 17.7. The highest BCUT2D eigenvalue weighted by Crippen LogP contribution is 2.15. The molecule has 1 aromatic carbocycles. The lowest BCUT2D eigenvalue weighted by Gasteiger charge is -2.06. The number of carbonyl (C=O) groups is 2. The van der Waals surface area contributed by atoms with E-state index in [4.69, 9.17) is 8.83 Å². The molecule has 0 atom stereocenters. The largest absolute Gasteiger partial charge is 0.459 e. The molecule has 0 unspecified atom stereocenters. The van der Waals surface area contributed by atoms with Gasteiger partial charge in [0.15, 0.2) is 16.2 Å². The van der Waals surface area contributed by atoms with Crippen LogP contribution in [0.2, 0.25) is 0 Å². The Hall–Kier alpha value is -3.13. The Morgan fingerprint density at radius 2 is 1.88 bits per heavy atom. The van der Waals surface area contributed by atoms with Crippen LogP contribution in [0.25, 0.3) is 0 Å². The van der Waals surface area contributed by atoms with Crippen LogP contribution in [0.1, 0.15) is 33.6 Å². The van der Waals surface area contributed by atoms with Gasteiger partial charge in [0.25, 0.3) is 5.91 Å². The molecule has 2 aromatic heterocycles. The van der Waals surface area contributed by atoms with Crippen molar-refractivity contribution >= 4 is 39.1 Å². The van der Waals surface area contributed by atoms with E-state index >= 15 is 0 Å². The number of nitrogens with zero attached hydrogens (tertiary/aromatic N) is 1. The van der Waals surface area contributed by atoms with Crippen molar-refractivity contribution < 1.29 is 18.4 Å². The third kappa shape index (κ3) is 4.28. The minimum Gasteiger partial charge on any atom is -0.459 e. The van der Waals surface area contributed by atoms with E-state index in [-0.39, 0.29) is 17.4 Å². The van der Waals surface area contributed by atoms with E-state index in [0.717, 1.165) is 5.56 Å². The summed E-state index contributed by atoms with van der Waals surface area (Å²) in [5, 5.41) is 6.80. The molecule has 0 aliphatic rings. The molecule has 0 fully saturated rings. The van der Waals surface area contributed by atoms with Crippen molar-refractivity contribution in [2.24, 2.45) is 5.10 Å². The summed E-state index contributed by atoms with van der Waals surface area (Å²) in [5.41, 5.74) is 4.32. The summed E-state index contributed by atoms with van der Waals surface area (Å²) >= 11 is 3.14. The number of carbonyl (C=O) groups excluding carboxylic acids is 2. The topological polar surface area (TPSA) is 96.8 Å². The van der Waals surface area contributed by atoms with Gasteiger partial charge >= 0.3 is 5.91 Å². The monoisotopic (exact) mass is 415 g/mol. The van der Waals surface area contributed by atoms with Crippen molar-refractivity contribution in [3.8, 4) is 0 Å². The van der Waals surface area contributed by atoms with Gasteiger partial charge in [-0.3, -0.25) is 9.59 Å². The van der Waals surface area contributed by atoms with Crippen molar-refractivity contribution in [2.75, 3.05) is 5.32 Å². The average Bonchev–Trinajstić information content (AvgIpc) is 3.31. The third-order valence-corrected chi connectivity index (χ3v) is 3.83. The normalized spacial score (nSPS) is 11.2. The summed E-state index contributed by atoms with van der Waals surface area (Å²) in [7, 11) is 0. The molecule has 2 N–H and O–H groups in total. The number of hydrogen-bond donors (Lipinski definition) is 2. The van der Waals surface area contributed by atoms with Gasteiger partial charge in [-0.25, -0.2) is 5.43 Å². The van der Waals surface area contributed by atoms with Gasteiger partial charge in [-0.05, 0) is 64.8 Å². The van der Waals surface area contributed by atoms with Crippen LogP contribution in [0.3, 0.4) is 0 Å². The zero-order chi connectivity index (χ0) is 18.5. The number of furan rings is 2. The Morgan fingerprint density at radius 3 is 2.58 bits per heavy atom. The number of anilines is 1. The van der Waals surface area contributed by atoms with Gasteiger partial charge in [0.2, 0.25) is 0 Å². The van der Waals surface area contributed by atoms with Gasteiger partial charge in [-0.15, -0.1) is 0 Å². The maximum absolute atomic E-state index is 12.0. The lowest BCUT2D eigenvalue weighted by molar-refractivity contribution is 0.0925. The van der Waals surface area contributed by atoms with Gasteiger partial charge in [-0.1, -0.05) is 12.1 Å². The molecule has 2 amide bonds. The summed E-state index contributed by atoms with van der Waals surface area (Å²) < 4.78 is 10.7. The number of hydrogen-bond acceptors (Lipinski definition) is 5. The van der Waals surface area contributed by atoms with E-state index in [1.165, 1.54) is 12.3 Å². The minimum absolute atomic E-state index is 0.146. The van der Waals surface area contributed by atoms with Gasteiger partial charge in [-0.2, -0.15) is 5.10 Å². The third-order valence-electron chi connectivity index (χ3n) is 3.41. The molecule has 0 spiro atoms. The second-order valence-electron chi connectivity index (χ2n) is 5.25. The zero-order valence-electron chi connectivity index (χ0n) is 13.7. The van der Waals surface area contributed by atoms with Crippen molar-refractivity contribution in [1.82, 2.24) is 5.43 Å². The molecular formula is C18H14BrN3O4. The SMILES string of the molecule is CC(=NNC(=O)c1ccc(Br)o1)c1cccc(NC(=O)c2ccco2)c1. The first-order valence-electron chi connectivity index (χ1n) is 7.58. The molecule has 3 rings (SSSR count). The zero-order valence-corrected chi connectivity index (χ0v) is 15.2. The molecule has 0 aliphatic heterocycles. The summed E-state index contributed by atoms with van der Waals surface area (Å²) in [6.45, 7) is 1.74. The van der Waals surface area contributed by atoms with Crippen LogP contribution in [-0.4, -0.2) is 17.5 Å². The van der Waals surface area contributed by atoms with Crippen molar-refractivity contribution in [3.05, 3.63) is 76.5 Å². The summed E-state index contributed by atoms with van der Waals surface area (Å²) in [6.07, 6.45) is 1.43. The maximum Gasteiger partial charge on any atom is 0.307 e. The van der Waals surface area contributed by atoms with Crippen LogP contribution in [0.15, 0.2) is 73.4 Å². The van der Waals surface area contributed by atoms with E-state index < -0.39 is 5.91 Å². The average molecular weight is 416 g/mol. The molecule has 7 nitrogen and oxygen atoms in total. The lowest BCUT2D eigenvalue weighted by atomic mass is 10.1. The second kappa shape index (κ2) is 7.83. The molecule has 3 aromatic rings. The number of halogens is 1. The highest BCUT2D eigenvalue weighted by Gasteiger charge is 2.11. The smallest absolute Gasteiger partial charge is 0.307 e. The van der Waals surface area contributed by atoms with Gasteiger partial charge in [0.05, 0.1) is 12.0 Å². The van der Waals surface area contributed by atoms with Crippen LogP contribution in [0.4, 0.5) is 5.69 Å². The number of rotatable bonds is 5. The van der Waals surface area contributed by atoms with Crippen molar-refractivity contribution in [2.45, 2.75) is 6.92 Å². The fourth-order valence-corrected chi connectivity index (χ4v) is 2.42. The molecule has 132 valence electrons. The number of amides is 2. The van der Waals surface area contributed by atoms with E-state index in [9.17, 15) is 9.59 Å². The Labute approximate surface area is 157 Å². The molecule has 0 bridgehead atoms. The first-order chi connectivity index (χ1) is 12.5. The molecule has 2 heterocycles. The van der Waals surface area contributed by atoms with Gasteiger partial charge in [0, 0.05) is 5.69 Å². The van der Waals surface area contributed by atoms with Crippen LogP contribution in [0, 0.1) is 0 Å². The Bertz CT molecular complexity index is 960. The van der Waals surface area contributed by atoms with Crippen LogP contribution in [0.5, 0.6) is 0 Å². The molecule has 0 radical (unpaired) electrons. The number of hydrazone groups is 1. The van der Waals surface area contributed by atoms with Crippen LogP contribution < -0.4 is 10.7 Å². The predicted molar refractivity (Wildman–Crippen MR) is 99.2 cm³/mol. The first-order valence-corrected chi connectivity index (χ1v) is 8.37. The highest BCUT2D eigenvalue weighted by molar-refractivity contribution is 9.10. The Kier molecular flexibility index (Phi) is 5.33. The van der Waals surface area contributed by atoms with E-state index in [1.807, 2.05) is 6.07 Å². The van der Waals surface area contributed by atoms with Crippen LogP contribution in [-0.2, 0) is 0 Å². The summed E-state index contributed by atoms with van der Waals surface area (Å²) in [5.74, 6) is -0.443. The standard InChI is InChI=1S/C18H14BrN3O4/c1-11(21-22-18(24)15-7-8-16(19)26-15)12-4-2-5-13(10-12)20-17(23)14-6-3-9-25-14/h2-10H,1H3,(H,20,23)(H,22,24). The molecule has 0 aliphatic carbocycles. The molecule has 0 saturated carbocycles. The summed E-state index contributed by atoms with van der Waals surface area (Å²) in [6, 6.07) is 13.5. The minimum atomic E-state index is -0.461. The quantitative estimate of drug-likeness (QED) is 0.485. The van der Waals surface area contributed by atoms with Crippen molar-refractivity contribution in [3.63, 3.8) is 0 Å². The molecule has 0 saturated heterocycles. The summed E-state index contributed by atoms with van der Waals surface area (Å²) in [4.78, 5) is 24.0. The van der Waals surface area contributed by atoms with E-state index in [0.29, 0.717) is 16.1 Å². The molecular weight excluding hydrogens is 402 g/mol. The van der Waals surface area contributed by atoms with Gasteiger partial charge in [0.1, 0.15) is 0 Å². The maximum atomic E-state index is 12.0. The van der Waals surface area contributed by atoms with E-state index in [2.05, 4.69) is 31.8 Å².